The number of methoxy groups -OCH3 is 1. The van der Waals surface area contributed by atoms with Crippen LogP contribution in [0.5, 0.6) is 11.6 Å². The minimum atomic E-state index is -4.94. The zero-order valence-corrected chi connectivity index (χ0v) is 35.4. The summed E-state index contributed by atoms with van der Waals surface area (Å²) in [5.74, 6) is -4.25. The fraction of sp³-hybridized carbons (Fsp3) is 0.610. The van der Waals surface area contributed by atoms with Crippen molar-refractivity contribution in [1.82, 2.24) is 25.2 Å². The summed E-state index contributed by atoms with van der Waals surface area (Å²) in [4.78, 5) is 73.6. The largest absolute Gasteiger partial charge is 0.497 e. The molecule has 0 radical (unpaired) electrons. The summed E-state index contributed by atoms with van der Waals surface area (Å²) >= 11 is 0. The summed E-state index contributed by atoms with van der Waals surface area (Å²) in [6.45, 7) is 4.81. The van der Waals surface area contributed by atoms with Crippen LogP contribution in [0.4, 0.5) is 18.0 Å². The van der Waals surface area contributed by atoms with Gasteiger partial charge >= 0.3 is 18.2 Å². The molecule has 7 unspecified atom stereocenters. The Morgan fingerprint density at radius 1 is 1.10 bits per heavy atom. The number of carbonyl (C=O) groups excluding carboxylic acids is 4. The molecule has 1 saturated heterocycles. The smallest absolute Gasteiger partial charge is 0.427 e. The van der Waals surface area contributed by atoms with Gasteiger partial charge in [-0.2, -0.15) is 13.2 Å². The molecule has 20 heteroatoms. The standard InChI is InChI=1S/C41H52F3N5O11S/c1-6-23-15-22(2)9-7-8-10-24-18-40(24,19-32(50)48-61(56,57)27-12-13-27)47-34(51)31-17-26(21-49(31)36(52)33(23)46-38(55)60-39(3,4)41(42,43)44)59-35-28-14-11-25(58-5)16-29(28)30(20-45-35)37(53)54/h8,10-11,14,16,20,22-24,26-27,31,33H,6-7,9,12-13,15,17-19,21H2,1-5H3,(H,46,55)(H,47,51)(H,48,50)(H,53,54). The molecule has 3 heterocycles. The van der Waals surface area contributed by atoms with Gasteiger partial charge in [0.15, 0.2) is 0 Å². The van der Waals surface area contributed by atoms with Crippen LogP contribution in [0.15, 0.2) is 36.5 Å². The van der Waals surface area contributed by atoms with Crippen molar-refractivity contribution in [2.24, 2.45) is 17.8 Å². The quantitative estimate of drug-likeness (QED) is 0.219. The fourth-order valence-corrected chi connectivity index (χ4v) is 9.50. The number of carboxylic acids is 1. The Morgan fingerprint density at radius 3 is 2.46 bits per heavy atom. The number of rotatable bonds is 11. The van der Waals surface area contributed by atoms with Gasteiger partial charge in [-0.1, -0.05) is 32.4 Å². The lowest BCUT2D eigenvalue weighted by Gasteiger charge is -2.35. The van der Waals surface area contributed by atoms with E-state index in [1.807, 2.05) is 19.1 Å². The Morgan fingerprint density at radius 2 is 1.82 bits per heavy atom. The third-order valence-electron chi connectivity index (χ3n) is 12.1. The van der Waals surface area contributed by atoms with E-state index in [0.717, 1.165) is 6.20 Å². The molecule has 2 aromatic rings. The fourth-order valence-electron chi connectivity index (χ4n) is 8.19. The van der Waals surface area contributed by atoms with E-state index < -0.39 is 86.5 Å². The molecular weight excluding hydrogens is 828 g/mol. The second kappa shape index (κ2) is 17.3. The van der Waals surface area contributed by atoms with Crippen LogP contribution in [0.25, 0.3) is 10.8 Å². The van der Waals surface area contributed by atoms with Crippen molar-refractivity contribution in [2.45, 2.75) is 126 Å². The highest BCUT2D eigenvalue weighted by Gasteiger charge is 2.57. The molecular formula is C41H52F3N5O11S. The minimum Gasteiger partial charge on any atom is -0.497 e. The predicted octanol–water partition coefficient (Wildman–Crippen LogP) is 5.00. The van der Waals surface area contributed by atoms with Gasteiger partial charge in [0.05, 0.1) is 36.4 Å². The molecule has 3 fully saturated rings. The van der Waals surface area contributed by atoms with Gasteiger partial charge in [0.25, 0.3) is 0 Å². The number of allylic oxidation sites excluding steroid dienone is 1. The minimum absolute atomic E-state index is 0.0199. The Kier molecular flexibility index (Phi) is 12.9. The number of halogens is 3. The van der Waals surface area contributed by atoms with Gasteiger partial charge in [-0.15, -0.1) is 0 Å². The number of ether oxygens (including phenoxy) is 3. The lowest BCUT2D eigenvalue weighted by atomic mass is 9.85. The number of hydrogen-bond donors (Lipinski definition) is 4. The Labute approximate surface area is 351 Å². The van der Waals surface area contributed by atoms with E-state index in [-0.39, 0.29) is 53.4 Å². The first-order valence-electron chi connectivity index (χ1n) is 20.3. The number of aromatic nitrogens is 1. The van der Waals surface area contributed by atoms with E-state index in [9.17, 15) is 50.7 Å². The van der Waals surface area contributed by atoms with Crippen molar-refractivity contribution in [2.75, 3.05) is 13.7 Å². The lowest BCUT2D eigenvalue weighted by molar-refractivity contribution is -0.244. The highest BCUT2D eigenvalue weighted by atomic mass is 32.2. The third-order valence-corrected chi connectivity index (χ3v) is 13.9. The molecule has 7 atom stereocenters. The SMILES string of the molecule is CCC1CC(C)CCC=CC2CC2(CC(=O)NS(=O)(=O)C2CC2)NC(=O)C2CC(Oc3ncc(C(=O)O)c4cc(OC)ccc34)CN2C(=O)C1NC(=O)OC(C)(C)C(F)(F)F. The van der Waals surface area contributed by atoms with Gasteiger partial charge in [0, 0.05) is 29.3 Å². The van der Waals surface area contributed by atoms with Crippen LogP contribution in [0.2, 0.25) is 0 Å². The number of aromatic carboxylic acids is 1. The van der Waals surface area contributed by atoms with Crippen LogP contribution in [-0.2, 0) is 29.1 Å². The number of amides is 4. The number of carbonyl (C=O) groups is 5. The molecule has 6 rings (SSSR count). The Bertz CT molecular complexity index is 2200. The van der Waals surface area contributed by atoms with E-state index in [1.54, 1.807) is 19.1 Å². The van der Waals surface area contributed by atoms with E-state index >= 15 is 0 Å². The van der Waals surface area contributed by atoms with Crippen LogP contribution in [0.1, 0.15) is 95.8 Å². The van der Waals surface area contributed by atoms with Gasteiger partial charge in [-0.25, -0.2) is 23.0 Å². The Balaban J connectivity index is 1.37. The number of alkyl carbamates (subject to hydrolysis) is 1. The van der Waals surface area contributed by atoms with Crippen LogP contribution in [0.3, 0.4) is 0 Å². The predicted molar refractivity (Wildman–Crippen MR) is 213 cm³/mol. The van der Waals surface area contributed by atoms with Crippen molar-refractivity contribution >= 4 is 50.6 Å². The molecule has 16 nitrogen and oxygen atoms in total. The first-order chi connectivity index (χ1) is 28.6. The number of carboxylic acid groups (broad SMARTS) is 1. The van der Waals surface area contributed by atoms with Gasteiger partial charge in [0.2, 0.25) is 39.2 Å². The van der Waals surface area contributed by atoms with Gasteiger partial charge in [-0.3, -0.25) is 19.1 Å². The molecule has 2 aliphatic carbocycles. The maximum Gasteiger partial charge on any atom is 0.427 e. The number of pyridine rings is 1. The topological polar surface area (TPSA) is 220 Å². The number of sulfonamides is 1. The van der Waals surface area contributed by atoms with Crippen LogP contribution in [0, 0.1) is 17.8 Å². The average Bonchev–Trinajstić information content (AvgIpc) is 4.10. The molecule has 2 saturated carbocycles. The zero-order valence-electron chi connectivity index (χ0n) is 34.5. The monoisotopic (exact) mass is 879 g/mol. The molecule has 0 spiro atoms. The molecule has 61 heavy (non-hydrogen) atoms. The van der Waals surface area contributed by atoms with Gasteiger partial charge in [0.1, 0.15) is 23.9 Å². The zero-order chi connectivity index (χ0) is 44.7. The number of hydrogen-bond acceptors (Lipinski definition) is 11. The summed E-state index contributed by atoms with van der Waals surface area (Å²) in [7, 11) is -2.49. The first kappa shape index (κ1) is 45.4. The highest BCUT2D eigenvalue weighted by Crippen LogP contribution is 2.48. The normalized spacial score (nSPS) is 27.4. The summed E-state index contributed by atoms with van der Waals surface area (Å²) in [6, 6.07) is 1.84. The number of fused-ring (bicyclic) bond motifs is 3. The number of nitrogens with one attached hydrogen (secondary N) is 3. The molecule has 1 aromatic carbocycles. The number of nitrogens with zero attached hydrogens (tertiary/aromatic N) is 2. The van der Waals surface area contributed by atoms with E-state index in [1.165, 1.54) is 18.1 Å². The summed E-state index contributed by atoms with van der Waals surface area (Å²) in [5.41, 5.74) is -4.27. The summed E-state index contributed by atoms with van der Waals surface area (Å²) in [5, 5.41) is 15.1. The van der Waals surface area contributed by atoms with E-state index in [2.05, 4.69) is 20.3 Å². The van der Waals surface area contributed by atoms with Crippen LogP contribution in [-0.4, -0.2) is 108 Å². The van der Waals surface area contributed by atoms with E-state index in [0.29, 0.717) is 64.5 Å². The van der Waals surface area contributed by atoms with Crippen molar-refractivity contribution in [3.05, 3.63) is 42.1 Å². The van der Waals surface area contributed by atoms with Crippen molar-refractivity contribution in [3.8, 4) is 11.6 Å². The molecule has 334 valence electrons. The molecule has 0 bridgehead atoms. The molecule has 2 aliphatic heterocycles. The van der Waals surface area contributed by atoms with Gasteiger partial charge < -0.3 is 34.9 Å². The lowest BCUT2D eigenvalue weighted by Crippen LogP contribution is -2.58. The van der Waals surface area contributed by atoms with Gasteiger partial charge in [-0.05, 0) is 82.4 Å². The molecule has 1 aromatic heterocycles. The molecule has 4 N–H and O–H groups in total. The second-order valence-electron chi connectivity index (χ2n) is 17.1. The maximum atomic E-state index is 14.9. The Hall–Kier alpha value is -5.14. The average molecular weight is 880 g/mol. The molecule has 4 aliphatic rings. The first-order valence-corrected chi connectivity index (χ1v) is 21.9. The van der Waals surface area contributed by atoms with E-state index in [4.69, 9.17) is 14.2 Å². The van der Waals surface area contributed by atoms with Crippen molar-refractivity contribution < 1.29 is 64.9 Å². The second-order valence-corrected chi connectivity index (χ2v) is 19.1. The van der Waals surface area contributed by atoms with Crippen LogP contribution < -0.4 is 24.8 Å². The third kappa shape index (κ3) is 10.2. The maximum absolute atomic E-state index is 14.9. The summed E-state index contributed by atoms with van der Waals surface area (Å²) < 4.78 is 85.4. The van der Waals surface area contributed by atoms with Crippen LogP contribution >= 0.6 is 0 Å². The summed E-state index contributed by atoms with van der Waals surface area (Å²) in [6.07, 6.45) is -0.0146. The number of benzene rings is 1. The van der Waals surface area contributed by atoms with Crippen molar-refractivity contribution in [1.29, 1.82) is 0 Å². The van der Waals surface area contributed by atoms with Crippen molar-refractivity contribution in [3.63, 3.8) is 0 Å². The highest BCUT2D eigenvalue weighted by molar-refractivity contribution is 7.90. The molecule has 4 amide bonds. The number of alkyl halides is 3.